The molecule has 1 aliphatic carbocycles. The second-order valence-electron chi connectivity index (χ2n) is 26.9. The fourth-order valence-electron chi connectivity index (χ4n) is 14.7. The number of benzene rings is 11. The van der Waals surface area contributed by atoms with Crippen molar-refractivity contribution in [2.24, 2.45) is 0 Å². The fraction of sp³-hybridized carbons (Fsp3) is 0.148. The zero-order chi connectivity index (χ0) is 62.2. The predicted molar refractivity (Wildman–Crippen MR) is 371 cm³/mol. The number of hydrogen-bond donors (Lipinski definition) is 0. The summed E-state index contributed by atoms with van der Waals surface area (Å²) in [6, 6.07) is 85.4. The lowest BCUT2D eigenvalue weighted by atomic mass is 9.34. The third-order valence-corrected chi connectivity index (χ3v) is 19.5. The van der Waals surface area contributed by atoms with Crippen LogP contribution in [0, 0.1) is 34.0 Å². The van der Waals surface area contributed by atoms with Gasteiger partial charge < -0.3 is 28.4 Å². The van der Waals surface area contributed by atoms with Gasteiger partial charge in [-0.1, -0.05) is 121 Å². The summed E-state index contributed by atoms with van der Waals surface area (Å²) in [5.41, 5.74) is 21.1. The monoisotopic (exact) mass is 1180 g/mol. The number of aromatic nitrogens is 1. The Hall–Kier alpha value is -11.2. The predicted octanol–water partition coefficient (Wildman–Crippen LogP) is 19.3. The van der Waals surface area contributed by atoms with Gasteiger partial charge in [-0.05, 0) is 202 Å². The van der Waals surface area contributed by atoms with E-state index in [4.69, 9.17) is 9.15 Å². The minimum Gasteiger partial charge on any atom is -0.458 e. The molecule has 0 bridgehead atoms. The van der Waals surface area contributed by atoms with Gasteiger partial charge in [-0.2, -0.15) is 15.8 Å². The molecule has 11 aromatic carbocycles. The largest absolute Gasteiger partial charge is 0.458 e. The smallest absolute Gasteiger partial charge is 0.261 e. The van der Waals surface area contributed by atoms with Crippen LogP contribution in [0.25, 0.3) is 49.4 Å². The number of para-hydroxylation sites is 3. The van der Waals surface area contributed by atoms with E-state index in [-0.39, 0.29) is 16.2 Å². The van der Waals surface area contributed by atoms with Crippen molar-refractivity contribution in [3.05, 3.63) is 258 Å². The van der Waals surface area contributed by atoms with Crippen molar-refractivity contribution < 1.29 is 9.15 Å². The van der Waals surface area contributed by atoms with Crippen LogP contribution in [0.4, 0.5) is 51.2 Å². The van der Waals surface area contributed by atoms with Crippen molar-refractivity contribution >= 4 is 118 Å². The lowest BCUT2D eigenvalue weighted by Gasteiger charge is -2.44. The highest BCUT2D eigenvalue weighted by atomic mass is 16.5. The normalized spacial score (nSPS) is 14.2. The van der Waals surface area contributed by atoms with Gasteiger partial charge in [0.05, 0.1) is 62.7 Å². The van der Waals surface area contributed by atoms with Gasteiger partial charge in [0.1, 0.15) is 22.7 Å². The van der Waals surface area contributed by atoms with Gasteiger partial charge in [0.25, 0.3) is 6.71 Å². The van der Waals surface area contributed by atoms with Gasteiger partial charge in [0, 0.05) is 73.8 Å². The van der Waals surface area contributed by atoms with Crippen LogP contribution < -0.4 is 35.8 Å². The van der Waals surface area contributed by atoms with E-state index in [1.54, 1.807) is 0 Å². The van der Waals surface area contributed by atoms with Gasteiger partial charge in [0.15, 0.2) is 0 Å². The first-order valence-corrected chi connectivity index (χ1v) is 31.2. The number of furan rings is 1. The van der Waals surface area contributed by atoms with Crippen molar-refractivity contribution in [2.75, 3.05) is 14.7 Å². The lowest BCUT2D eigenvalue weighted by molar-refractivity contribution is 0.332. The number of rotatable bonds is 8. The molecule has 91 heavy (non-hydrogen) atoms. The molecule has 0 radical (unpaired) electrons. The van der Waals surface area contributed by atoms with E-state index >= 15 is 0 Å². The van der Waals surface area contributed by atoms with E-state index in [0.29, 0.717) is 28.2 Å². The van der Waals surface area contributed by atoms with Crippen molar-refractivity contribution in [1.29, 1.82) is 15.8 Å². The molecule has 9 nitrogen and oxygen atoms in total. The Kier molecular flexibility index (Phi) is 12.4. The van der Waals surface area contributed by atoms with Crippen LogP contribution in [0.15, 0.2) is 229 Å². The summed E-state index contributed by atoms with van der Waals surface area (Å²) in [5, 5.41) is 34.5. The zero-order valence-corrected chi connectivity index (χ0v) is 51.8. The molecule has 0 fully saturated rings. The standard InChI is InChI=1S/C81H62BN7O2/c1-79(2,3)53-27-37-68-63(41-53)62-40-52(49-85)26-36-67(62)89(68)60-43-70-76-74(45-60)90-73-44-59(86(54-16-10-8-11-17-54)56-28-22-50(47-83)23-29-56)33-35-66(73)82(76)77-71(88(70)58-32-34-64-65(42-58)81(6,7)39-38-80(64,4)5)46-69(75-61-20-14-15-21-72(61)91-78(75)77)87(55-18-12-9-13-19-55)57-30-24-51(48-84)25-31-57/h8-37,40-46H,38-39H2,1-7H3. The molecule has 13 aromatic rings. The third kappa shape index (κ3) is 8.71. The summed E-state index contributed by atoms with van der Waals surface area (Å²) in [5.74, 6) is 1.39. The molecule has 2 aromatic heterocycles. The maximum absolute atomic E-state index is 10.4. The Morgan fingerprint density at radius 2 is 1.04 bits per heavy atom. The van der Waals surface area contributed by atoms with Gasteiger partial charge in [-0.25, -0.2) is 0 Å². The van der Waals surface area contributed by atoms with Crippen molar-refractivity contribution in [2.45, 2.75) is 77.6 Å². The van der Waals surface area contributed by atoms with E-state index in [9.17, 15) is 15.8 Å². The molecular formula is C81H62BN7O2. The quantitative estimate of drug-likeness (QED) is 0.138. The van der Waals surface area contributed by atoms with Crippen molar-refractivity contribution in [3.8, 4) is 35.4 Å². The Bertz CT molecular complexity index is 5310. The second kappa shape index (κ2) is 20.4. The Morgan fingerprint density at radius 3 is 1.71 bits per heavy atom. The second-order valence-corrected chi connectivity index (χ2v) is 26.9. The molecule has 4 heterocycles. The number of ether oxygens (including phenoxy) is 1. The molecule has 16 rings (SSSR count). The number of nitriles is 3. The van der Waals surface area contributed by atoms with Gasteiger partial charge in [0.2, 0.25) is 0 Å². The van der Waals surface area contributed by atoms with Gasteiger partial charge in [-0.3, -0.25) is 0 Å². The summed E-state index contributed by atoms with van der Waals surface area (Å²) < 4.78 is 17.6. The molecule has 2 aliphatic heterocycles. The summed E-state index contributed by atoms with van der Waals surface area (Å²) in [4.78, 5) is 7.00. The molecular weight excluding hydrogens is 1110 g/mol. The van der Waals surface area contributed by atoms with Crippen LogP contribution in [0.3, 0.4) is 0 Å². The molecule has 0 spiro atoms. The van der Waals surface area contributed by atoms with Crippen molar-refractivity contribution in [1.82, 2.24) is 4.57 Å². The van der Waals surface area contributed by atoms with Crippen LogP contribution >= 0.6 is 0 Å². The van der Waals surface area contributed by atoms with Crippen molar-refractivity contribution in [3.63, 3.8) is 0 Å². The first-order valence-electron chi connectivity index (χ1n) is 31.2. The summed E-state index contributed by atoms with van der Waals surface area (Å²) in [6.45, 7) is 15.8. The number of hydrogen-bond acceptors (Lipinski definition) is 8. The Labute approximate surface area is 530 Å². The highest BCUT2D eigenvalue weighted by Gasteiger charge is 2.47. The number of nitrogens with zero attached hydrogens (tertiary/aromatic N) is 7. The first-order chi connectivity index (χ1) is 44.1. The first kappa shape index (κ1) is 55.1. The maximum Gasteiger partial charge on any atom is 0.261 e. The Morgan fingerprint density at radius 1 is 0.473 bits per heavy atom. The van der Waals surface area contributed by atoms with E-state index in [2.05, 4.69) is 219 Å². The van der Waals surface area contributed by atoms with Gasteiger partial charge in [-0.15, -0.1) is 0 Å². The number of anilines is 9. The summed E-state index contributed by atoms with van der Waals surface area (Å²) in [7, 11) is 0. The van der Waals surface area contributed by atoms with E-state index in [1.165, 1.54) is 16.7 Å². The summed E-state index contributed by atoms with van der Waals surface area (Å²) in [6.07, 6.45) is 2.12. The van der Waals surface area contributed by atoms with Gasteiger partial charge >= 0.3 is 0 Å². The maximum atomic E-state index is 10.4. The molecule has 0 unspecified atom stereocenters. The third-order valence-electron chi connectivity index (χ3n) is 19.5. The van der Waals surface area contributed by atoms with Crippen LogP contribution in [0.1, 0.15) is 94.7 Å². The molecule has 0 saturated carbocycles. The molecule has 3 aliphatic rings. The molecule has 0 amide bonds. The van der Waals surface area contributed by atoms with E-state index < -0.39 is 6.71 Å². The minimum atomic E-state index is -0.431. The van der Waals surface area contributed by atoms with E-state index in [0.717, 1.165) is 130 Å². The number of fused-ring (bicyclic) bond motifs is 12. The average molecular weight is 1180 g/mol. The fourth-order valence-corrected chi connectivity index (χ4v) is 14.7. The summed E-state index contributed by atoms with van der Waals surface area (Å²) >= 11 is 0. The topological polar surface area (TPSA) is 108 Å². The van der Waals surface area contributed by atoms with Crippen LogP contribution in [-0.4, -0.2) is 11.3 Å². The molecule has 10 heteroatoms. The highest BCUT2D eigenvalue weighted by Crippen LogP contribution is 2.53. The molecule has 436 valence electrons. The minimum absolute atomic E-state index is 0.0420. The zero-order valence-electron chi connectivity index (χ0n) is 51.8. The SMILES string of the molecule is CC(C)(C)c1ccc2c(c1)c1cc(C#N)ccc1n2-c1cc2c3c(c1)N(c1ccc4c(c1)C(C)(C)CCC4(C)C)c1cc(N(c4ccccc4)c4ccc(C#N)cc4)c4c(oc5ccccc54)c1B3c1ccc(N(c3ccccc3)c3ccc(C#N)cc3)cc1O2. The average Bonchev–Trinajstić information content (AvgIpc) is 1.61. The van der Waals surface area contributed by atoms with E-state index in [1.807, 2.05) is 91.0 Å². The van der Waals surface area contributed by atoms with Crippen LogP contribution in [0.5, 0.6) is 11.5 Å². The van der Waals surface area contributed by atoms with Crippen LogP contribution in [0.2, 0.25) is 0 Å². The molecule has 0 atom stereocenters. The molecule has 0 saturated heterocycles. The highest BCUT2D eigenvalue weighted by molar-refractivity contribution is 7.00. The lowest BCUT2D eigenvalue weighted by Crippen LogP contribution is -2.59. The Balaban J connectivity index is 1.05. The molecule has 0 N–H and O–H groups in total. The van der Waals surface area contributed by atoms with Crippen LogP contribution in [-0.2, 0) is 16.2 Å².